The Kier molecular flexibility index (Phi) is 5.26. The predicted octanol–water partition coefficient (Wildman–Crippen LogP) is 4.42. The fraction of sp³-hybridized carbons (Fsp3) is 0.188. The van der Waals surface area contributed by atoms with Gasteiger partial charge in [-0.3, -0.25) is 4.79 Å². The smallest absolute Gasteiger partial charge is 0.254 e. The first-order chi connectivity index (χ1) is 9.99. The molecule has 0 heterocycles. The van der Waals surface area contributed by atoms with Gasteiger partial charge in [-0.25, -0.2) is 0 Å². The van der Waals surface area contributed by atoms with Crippen LogP contribution in [0.15, 0.2) is 46.9 Å². The largest absolute Gasteiger partial charge is 0.381 e. The molecule has 0 atom stereocenters. The summed E-state index contributed by atoms with van der Waals surface area (Å²) in [5.41, 5.74) is 2.51. The molecule has 2 aromatic carbocycles. The van der Waals surface area contributed by atoms with Crippen molar-refractivity contribution in [2.24, 2.45) is 0 Å². The van der Waals surface area contributed by atoms with Crippen molar-refractivity contribution in [3.05, 3.63) is 63.1 Å². The Labute approximate surface area is 138 Å². The summed E-state index contributed by atoms with van der Waals surface area (Å²) in [6.45, 7) is 0.665. The molecule has 0 aliphatic rings. The number of benzene rings is 2. The molecule has 21 heavy (non-hydrogen) atoms. The third kappa shape index (κ3) is 3.99. The Balaban J connectivity index is 2.16. The molecule has 0 fully saturated rings. The average molecular weight is 368 g/mol. The second-order valence-corrected chi connectivity index (χ2v) is 6.10. The van der Waals surface area contributed by atoms with Crippen LogP contribution in [-0.2, 0) is 6.54 Å². The lowest BCUT2D eigenvalue weighted by atomic mass is 10.1. The van der Waals surface area contributed by atoms with Gasteiger partial charge in [0.15, 0.2) is 0 Å². The first-order valence-electron chi connectivity index (χ1n) is 6.47. The zero-order valence-electron chi connectivity index (χ0n) is 11.9. The molecule has 5 heteroatoms. The SMILES string of the molecule is CN(C)C(=O)c1cc(NCc2ccccc2Br)ccc1Cl. The highest BCUT2D eigenvalue weighted by atomic mass is 79.9. The number of hydrogen-bond acceptors (Lipinski definition) is 2. The van der Waals surface area contributed by atoms with Gasteiger partial charge in [-0.15, -0.1) is 0 Å². The van der Waals surface area contributed by atoms with Gasteiger partial charge in [0.25, 0.3) is 5.91 Å². The molecule has 0 spiro atoms. The molecule has 0 saturated carbocycles. The number of rotatable bonds is 4. The van der Waals surface area contributed by atoms with E-state index in [9.17, 15) is 4.79 Å². The Hall–Kier alpha value is -1.52. The summed E-state index contributed by atoms with van der Waals surface area (Å²) in [5.74, 6) is -0.107. The summed E-state index contributed by atoms with van der Waals surface area (Å²) >= 11 is 9.61. The maximum Gasteiger partial charge on any atom is 0.254 e. The van der Waals surface area contributed by atoms with Gasteiger partial charge < -0.3 is 10.2 Å². The van der Waals surface area contributed by atoms with Gasteiger partial charge in [0.1, 0.15) is 0 Å². The van der Waals surface area contributed by atoms with E-state index in [-0.39, 0.29) is 5.91 Å². The molecule has 0 unspecified atom stereocenters. The lowest BCUT2D eigenvalue weighted by molar-refractivity contribution is 0.0828. The fourth-order valence-corrected chi connectivity index (χ4v) is 2.50. The van der Waals surface area contributed by atoms with Crippen molar-refractivity contribution in [2.45, 2.75) is 6.54 Å². The van der Waals surface area contributed by atoms with E-state index in [4.69, 9.17) is 11.6 Å². The van der Waals surface area contributed by atoms with Crippen LogP contribution >= 0.6 is 27.5 Å². The minimum Gasteiger partial charge on any atom is -0.381 e. The maximum atomic E-state index is 12.1. The molecule has 2 aromatic rings. The molecular weight excluding hydrogens is 352 g/mol. The normalized spacial score (nSPS) is 10.3. The maximum absolute atomic E-state index is 12.1. The fourth-order valence-electron chi connectivity index (χ4n) is 1.88. The van der Waals surface area contributed by atoms with E-state index in [1.807, 2.05) is 30.3 Å². The van der Waals surface area contributed by atoms with Crippen LogP contribution in [0.2, 0.25) is 5.02 Å². The summed E-state index contributed by atoms with van der Waals surface area (Å²) in [5, 5.41) is 3.76. The van der Waals surface area contributed by atoms with Gasteiger partial charge in [-0.05, 0) is 29.8 Å². The van der Waals surface area contributed by atoms with Crippen LogP contribution in [0.5, 0.6) is 0 Å². The molecule has 0 saturated heterocycles. The summed E-state index contributed by atoms with van der Waals surface area (Å²) in [6, 6.07) is 13.4. The van der Waals surface area contributed by atoms with Crippen molar-refractivity contribution >= 4 is 39.1 Å². The van der Waals surface area contributed by atoms with Crippen LogP contribution in [0.4, 0.5) is 5.69 Å². The third-order valence-corrected chi connectivity index (χ3v) is 4.15. The lowest BCUT2D eigenvalue weighted by Crippen LogP contribution is -2.22. The molecule has 0 aliphatic heterocycles. The Morgan fingerprint density at radius 2 is 1.95 bits per heavy atom. The van der Waals surface area contributed by atoms with Crippen molar-refractivity contribution < 1.29 is 4.79 Å². The standard InChI is InChI=1S/C16H16BrClN2O/c1-20(2)16(21)13-9-12(7-8-15(13)18)19-10-11-5-3-4-6-14(11)17/h3-9,19H,10H2,1-2H3. The molecule has 1 amide bonds. The van der Waals surface area contributed by atoms with Crippen LogP contribution in [0.3, 0.4) is 0 Å². The molecule has 1 N–H and O–H groups in total. The van der Waals surface area contributed by atoms with Gasteiger partial charge in [-0.1, -0.05) is 45.7 Å². The summed E-state index contributed by atoms with van der Waals surface area (Å²) in [4.78, 5) is 13.6. The highest BCUT2D eigenvalue weighted by molar-refractivity contribution is 9.10. The number of halogens is 2. The van der Waals surface area contributed by atoms with E-state index in [2.05, 4.69) is 21.2 Å². The summed E-state index contributed by atoms with van der Waals surface area (Å²) in [7, 11) is 3.42. The quantitative estimate of drug-likeness (QED) is 0.868. The number of anilines is 1. The Morgan fingerprint density at radius 3 is 2.62 bits per heavy atom. The van der Waals surface area contributed by atoms with E-state index < -0.39 is 0 Å². The zero-order valence-corrected chi connectivity index (χ0v) is 14.2. The van der Waals surface area contributed by atoms with Crippen molar-refractivity contribution in [3.63, 3.8) is 0 Å². The lowest BCUT2D eigenvalue weighted by Gasteiger charge is -2.14. The minimum atomic E-state index is -0.107. The summed E-state index contributed by atoms with van der Waals surface area (Å²) < 4.78 is 1.05. The highest BCUT2D eigenvalue weighted by Crippen LogP contribution is 2.23. The van der Waals surface area contributed by atoms with Crippen LogP contribution in [-0.4, -0.2) is 24.9 Å². The number of nitrogens with zero attached hydrogens (tertiary/aromatic N) is 1. The van der Waals surface area contributed by atoms with E-state index in [1.54, 1.807) is 26.2 Å². The van der Waals surface area contributed by atoms with E-state index >= 15 is 0 Å². The van der Waals surface area contributed by atoms with Crippen molar-refractivity contribution in [3.8, 4) is 0 Å². The van der Waals surface area contributed by atoms with Gasteiger partial charge >= 0.3 is 0 Å². The van der Waals surface area contributed by atoms with Crippen LogP contribution < -0.4 is 5.32 Å². The van der Waals surface area contributed by atoms with E-state index in [0.29, 0.717) is 17.1 Å². The van der Waals surface area contributed by atoms with Crippen LogP contribution in [0.1, 0.15) is 15.9 Å². The first-order valence-corrected chi connectivity index (χ1v) is 7.64. The zero-order chi connectivity index (χ0) is 15.4. The van der Waals surface area contributed by atoms with E-state index in [0.717, 1.165) is 15.7 Å². The first kappa shape index (κ1) is 15.9. The Bertz CT molecular complexity index is 658. The number of nitrogens with one attached hydrogen (secondary N) is 1. The second-order valence-electron chi connectivity index (χ2n) is 4.84. The van der Waals surface area contributed by atoms with Crippen LogP contribution in [0, 0.1) is 0 Å². The van der Waals surface area contributed by atoms with Crippen molar-refractivity contribution in [2.75, 3.05) is 19.4 Å². The summed E-state index contributed by atoms with van der Waals surface area (Å²) in [6.07, 6.45) is 0. The minimum absolute atomic E-state index is 0.107. The highest BCUT2D eigenvalue weighted by Gasteiger charge is 2.13. The molecule has 3 nitrogen and oxygen atoms in total. The molecular formula is C16H16BrClN2O. The van der Waals surface area contributed by atoms with Gasteiger partial charge in [0.05, 0.1) is 10.6 Å². The topological polar surface area (TPSA) is 32.3 Å². The van der Waals surface area contributed by atoms with Crippen molar-refractivity contribution in [1.29, 1.82) is 0 Å². The number of amides is 1. The Morgan fingerprint density at radius 1 is 1.24 bits per heavy atom. The predicted molar refractivity (Wildman–Crippen MR) is 90.9 cm³/mol. The number of carbonyl (C=O) groups is 1. The van der Waals surface area contributed by atoms with E-state index in [1.165, 1.54) is 4.90 Å². The number of carbonyl (C=O) groups excluding carboxylic acids is 1. The van der Waals surface area contributed by atoms with Crippen LogP contribution in [0.25, 0.3) is 0 Å². The van der Waals surface area contributed by atoms with Gasteiger partial charge in [0, 0.05) is 30.8 Å². The molecule has 0 aromatic heterocycles. The molecule has 0 bridgehead atoms. The average Bonchev–Trinajstić information content (AvgIpc) is 2.47. The molecule has 2 rings (SSSR count). The van der Waals surface area contributed by atoms with Crippen molar-refractivity contribution in [1.82, 2.24) is 4.90 Å². The van der Waals surface area contributed by atoms with Gasteiger partial charge in [0.2, 0.25) is 0 Å². The third-order valence-electron chi connectivity index (χ3n) is 3.04. The molecule has 0 radical (unpaired) electrons. The monoisotopic (exact) mass is 366 g/mol. The number of hydrogen-bond donors (Lipinski definition) is 1. The molecule has 0 aliphatic carbocycles. The second kappa shape index (κ2) is 6.96. The molecule has 110 valence electrons. The van der Waals surface area contributed by atoms with Gasteiger partial charge in [-0.2, -0.15) is 0 Å².